The standard InChI is InChI=1S/C12H14N4O2/c1-2-18-11(17)6-14-12-9-5-8(13)3-4-10(9)15-7-16-12/h3-5,7H,2,6,13H2,1H3,(H,14,15,16). The molecule has 1 aromatic carbocycles. The average molecular weight is 246 g/mol. The van der Waals surface area contributed by atoms with Gasteiger partial charge in [-0.1, -0.05) is 0 Å². The Morgan fingerprint density at radius 2 is 2.28 bits per heavy atom. The molecule has 0 amide bonds. The summed E-state index contributed by atoms with van der Waals surface area (Å²) >= 11 is 0. The number of aromatic nitrogens is 2. The summed E-state index contributed by atoms with van der Waals surface area (Å²) in [5.41, 5.74) is 7.11. The first-order chi connectivity index (χ1) is 8.70. The lowest BCUT2D eigenvalue weighted by Gasteiger charge is -2.08. The minimum absolute atomic E-state index is 0.0642. The first-order valence-corrected chi connectivity index (χ1v) is 5.60. The molecule has 0 radical (unpaired) electrons. The monoisotopic (exact) mass is 246 g/mol. The number of carbonyl (C=O) groups excluding carboxylic acids is 1. The van der Waals surface area contributed by atoms with Gasteiger partial charge in [0.15, 0.2) is 0 Å². The third-order valence-electron chi connectivity index (χ3n) is 2.36. The molecule has 2 rings (SSSR count). The second-order valence-corrected chi connectivity index (χ2v) is 3.66. The number of nitrogen functional groups attached to an aromatic ring is 1. The lowest BCUT2D eigenvalue weighted by Crippen LogP contribution is -2.17. The van der Waals surface area contributed by atoms with E-state index in [0.717, 1.165) is 10.9 Å². The van der Waals surface area contributed by atoms with Crippen molar-refractivity contribution in [2.45, 2.75) is 6.92 Å². The summed E-state index contributed by atoms with van der Waals surface area (Å²) in [5, 5.41) is 3.70. The van der Waals surface area contributed by atoms with Crippen LogP contribution in [0.3, 0.4) is 0 Å². The Kier molecular flexibility index (Phi) is 3.57. The molecule has 3 N–H and O–H groups in total. The number of ether oxygens (including phenoxy) is 1. The van der Waals surface area contributed by atoms with E-state index < -0.39 is 0 Å². The Bertz CT molecular complexity index is 571. The van der Waals surface area contributed by atoms with Crippen molar-refractivity contribution in [3.63, 3.8) is 0 Å². The highest BCUT2D eigenvalue weighted by atomic mass is 16.5. The van der Waals surface area contributed by atoms with Crippen molar-refractivity contribution in [1.29, 1.82) is 0 Å². The van der Waals surface area contributed by atoms with Crippen molar-refractivity contribution in [2.24, 2.45) is 0 Å². The fourth-order valence-corrected chi connectivity index (χ4v) is 1.58. The Morgan fingerprint density at radius 3 is 3.06 bits per heavy atom. The van der Waals surface area contributed by atoms with Gasteiger partial charge in [-0.3, -0.25) is 4.79 Å². The number of hydrogen-bond donors (Lipinski definition) is 2. The van der Waals surface area contributed by atoms with E-state index in [1.807, 2.05) is 6.07 Å². The van der Waals surface area contributed by atoms with Crippen LogP contribution in [0, 0.1) is 0 Å². The number of carbonyl (C=O) groups is 1. The van der Waals surface area contributed by atoms with Crippen LogP contribution in [0.1, 0.15) is 6.92 Å². The van der Waals surface area contributed by atoms with Crippen LogP contribution in [0.15, 0.2) is 24.5 Å². The molecule has 0 aliphatic rings. The summed E-state index contributed by atoms with van der Waals surface area (Å²) in [6.45, 7) is 2.19. The van der Waals surface area contributed by atoms with Gasteiger partial charge in [-0.15, -0.1) is 0 Å². The van der Waals surface area contributed by atoms with Crippen LogP contribution < -0.4 is 11.1 Å². The fourth-order valence-electron chi connectivity index (χ4n) is 1.58. The topological polar surface area (TPSA) is 90.1 Å². The second kappa shape index (κ2) is 5.31. The number of nitrogens with two attached hydrogens (primary N) is 1. The van der Waals surface area contributed by atoms with Gasteiger partial charge in [0, 0.05) is 11.1 Å². The Morgan fingerprint density at radius 1 is 1.44 bits per heavy atom. The van der Waals surface area contributed by atoms with E-state index in [1.54, 1.807) is 19.1 Å². The van der Waals surface area contributed by atoms with Crippen molar-refractivity contribution < 1.29 is 9.53 Å². The number of esters is 1. The molecule has 0 aliphatic heterocycles. The molecule has 6 nitrogen and oxygen atoms in total. The normalized spacial score (nSPS) is 10.3. The number of fused-ring (bicyclic) bond motifs is 1. The maximum atomic E-state index is 11.3. The lowest BCUT2D eigenvalue weighted by atomic mass is 10.2. The zero-order valence-corrected chi connectivity index (χ0v) is 10.0. The summed E-state index contributed by atoms with van der Waals surface area (Å²) in [6, 6.07) is 5.34. The predicted molar refractivity (Wildman–Crippen MR) is 69.1 cm³/mol. The minimum atomic E-state index is -0.326. The van der Waals surface area contributed by atoms with Gasteiger partial charge in [0.2, 0.25) is 0 Å². The first kappa shape index (κ1) is 12.1. The number of nitrogens with zero attached hydrogens (tertiary/aromatic N) is 2. The highest BCUT2D eigenvalue weighted by molar-refractivity contribution is 5.92. The molecule has 6 heteroatoms. The maximum absolute atomic E-state index is 11.3. The Balaban J connectivity index is 2.22. The third-order valence-corrected chi connectivity index (χ3v) is 2.36. The van der Waals surface area contributed by atoms with Gasteiger partial charge in [-0.2, -0.15) is 0 Å². The van der Waals surface area contributed by atoms with Gasteiger partial charge >= 0.3 is 5.97 Å². The number of anilines is 2. The molecule has 0 atom stereocenters. The van der Waals surface area contributed by atoms with Gasteiger partial charge in [-0.05, 0) is 25.1 Å². The molecule has 0 bridgehead atoms. The van der Waals surface area contributed by atoms with Gasteiger partial charge in [0.25, 0.3) is 0 Å². The SMILES string of the molecule is CCOC(=O)CNc1ncnc2ccc(N)cc12. The molecule has 0 fully saturated rings. The van der Waals surface area contributed by atoms with E-state index >= 15 is 0 Å². The van der Waals surface area contributed by atoms with Crippen LogP contribution >= 0.6 is 0 Å². The van der Waals surface area contributed by atoms with Crippen LogP contribution in [0.2, 0.25) is 0 Å². The van der Waals surface area contributed by atoms with Crippen LogP contribution in [-0.4, -0.2) is 29.1 Å². The molecule has 1 heterocycles. The van der Waals surface area contributed by atoms with E-state index in [-0.39, 0.29) is 12.5 Å². The van der Waals surface area contributed by atoms with Crippen molar-refractivity contribution in [2.75, 3.05) is 24.2 Å². The zero-order valence-electron chi connectivity index (χ0n) is 10.0. The maximum Gasteiger partial charge on any atom is 0.325 e. The smallest absolute Gasteiger partial charge is 0.325 e. The molecular weight excluding hydrogens is 232 g/mol. The molecule has 1 aromatic heterocycles. The summed E-state index contributed by atoms with van der Waals surface area (Å²) < 4.78 is 4.83. The van der Waals surface area contributed by atoms with Crippen molar-refractivity contribution in [3.8, 4) is 0 Å². The number of nitrogens with one attached hydrogen (secondary N) is 1. The molecule has 2 aromatic rings. The molecule has 0 aliphatic carbocycles. The Labute approximate surface area is 104 Å². The molecule has 94 valence electrons. The third kappa shape index (κ3) is 2.65. The molecule has 0 spiro atoms. The minimum Gasteiger partial charge on any atom is -0.465 e. The number of benzene rings is 1. The first-order valence-electron chi connectivity index (χ1n) is 5.60. The quantitative estimate of drug-likeness (QED) is 0.622. The second-order valence-electron chi connectivity index (χ2n) is 3.66. The van der Waals surface area contributed by atoms with E-state index in [1.165, 1.54) is 6.33 Å². The van der Waals surface area contributed by atoms with Gasteiger partial charge in [-0.25, -0.2) is 9.97 Å². The van der Waals surface area contributed by atoms with Crippen molar-refractivity contribution >= 4 is 28.4 Å². The van der Waals surface area contributed by atoms with Crippen LogP contribution in [-0.2, 0) is 9.53 Å². The predicted octanol–water partition coefficient (Wildman–Crippen LogP) is 1.19. The average Bonchev–Trinajstić information content (AvgIpc) is 2.36. The number of rotatable bonds is 4. The largest absolute Gasteiger partial charge is 0.465 e. The summed E-state index contributed by atoms with van der Waals surface area (Å²) in [6.07, 6.45) is 1.44. The van der Waals surface area contributed by atoms with E-state index in [4.69, 9.17) is 10.5 Å². The van der Waals surface area contributed by atoms with Crippen LogP contribution in [0.5, 0.6) is 0 Å². The lowest BCUT2D eigenvalue weighted by molar-refractivity contribution is -0.140. The summed E-state index contributed by atoms with van der Waals surface area (Å²) in [5.74, 6) is 0.244. The molecule has 0 saturated carbocycles. The summed E-state index contributed by atoms with van der Waals surface area (Å²) in [7, 11) is 0. The Hall–Kier alpha value is -2.37. The van der Waals surface area contributed by atoms with E-state index in [0.29, 0.717) is 18.1 Å². The van der Waals surface area contributed by atoms with Gasteiger partial charge in [0.1, 0.15) is 18.7 Å². The van der Waals surface area contributed by atoms with Crippen molar-refractivity contribution in [3.05, 3.63) is 24.5 Å². The summed E-state index contributed by atoms with van der Waals surface area (Å²) in [4.78, 5) is 19.5. The molecule has 0 unspecified atom stereocenters. The van der Waals surface area contributed by atoms with Gasteiger partial charge in [0.05, 0.1) is 12.1 Å². The van der Waals surface area contributed by atoms with E-state index in [2.05, 4.69) is 15.3 Å². The van der Waals surface area contributed by atoms with E-state index in [9.17, 15) is 4.79 Å². The van der Waals surface area contributed by atoms with Gasteiger partial charge < -0.3 is 15.8 Å². The fraction of sp³-hybridized carbons (Fsp3) is 0.250. The molecule has 18 heavy (non-hydrogen) atoms. The number of hydrogen-bond acceptors (Lipinski definition) is 6. The highest BCUT2D eigenvalue weighted by Crippen LogP contribution is 2.21. The zero-order chi connectivity index (χ0) is 13.0. The molecule has 0 saturated heterocycles. The van der Waals surface area contributed by atoms with Crippen molar-refractivity contribution in [1.82, 2.24) is 9.97 Å². The highest BCUT2D eigenvalue weighted by Gasteiger charge is 2.06. The molecular formula is C12H14N4O2. The van der Waals surface area contributed by atoms with Crippen LogP contribution in [0.25, 0.3) is 10.9 Å². The van der Waals surface area contributed by atoms with Crippen LogP contribution in [0.4, 0.5) is 11.5 Å².